The molecular weight excluding hydrogens is 294 g/mol. The Morgan fingerprint density at radius 1 is 1.26 bits per heavy atom. The van der Waals surface area contributed by atoms with Crippen molar-refractivity contribution in [1.82, 2.24) is 14.7 Å². The van der Waals surface area contributed by atoms with Gasteiger partial charge >= 0.3 is 5.97 Å². The molecule has 1 aromatic heterocycles. The molecule has 1 heterocycles. The summed E-state index contributed by atoms with van der Waals surface area (Å²) in [6.07, 6.45) is 2.68. The van der Waals surface area contributed by atoms with Crippen LogP contribution in [0.3, 0.4) is 0 Å². The monoisotopic (exact) mass is 313 g/mol. The molecule has 1 amide bonds. The lowest BCUT2D eigenvalue weighted by atomic mass is 10.2. The van der Waals surface area contributed by atoms with Crippen molar-refractivity contribution in [3.8, 4) is 5.69 Å². The molecule has 6 heteroatoms. The average Bonchev–Trinajstić information content (AvgIpc) is 3.09. The molecule has 0 atom stereocenters. The highest BCUT2D eigenvalue weighted by Crippen LogP contribution is 2.28. The van der Waals surface area contributed by atoms with Crippen LogP contribution in [0.1, 0.15) is 33.7 Å². The molecule has 3 rings (SSSR count). The summed E-state index contributed by atoms with van der Waals surface area (Å²) in [7, 11) is 1.49. The van der Waals surface area contributed by atoms with Crippen molar-refractivity contribution in [3.63, 3.8) is 0 Å². The third kappa shape index (κ3) is 2.84. The fourth-order valence-electron chi connectivity index (χ4n) is 2.96. The maximum Gasteiger partial charge on any atom is 0.323 e. The molecule has 0 unspecified atom stereocenters. The van der Waals surface area contributed by atoms with Gasteiger partial charge in [-0.25, -0.2) is 4.68 Å². The molecule has 0 fully saturated rings. The van der Waals surface area contributed by atoms with E-state index in [4.69, 9.17) is 5.11 Å². The predicted molar refractivity (Wildman–Crippen MR) is 84.9 cm³/mol. The normalized spacial score (nSPS) is 13.0. The molecule has 0 bridgehead atoms. The van der Waals surface area contributed by atoms with E-state index in [0.717, 1.165) is 41.8 Å². The molecule has 23 heavy (non-hydrogen) atoms. The second-order valence-electron chi connectivity index (χ2n) is 5.93. The van der Waals surface area contributed by atoms with E-state index in [1.807, 2.05) is 35.9 Å². The van der Waals surface area contributed by atoms with Crippen LogP contribution in [0.5, 0.6) is 0 Å². The number of benzene rings is 1. The number of likely N-dealkylation sites (N-methyl/N-ethyl adjacent to an activating group) is 1. The SMILES string of the molecule is Cc1ccc(-n2nc(C(=O)N(C)CC(=O)O)c3c2CCC3)cc1. The molecule has 120 valence electrons. The van der Waals surface area contributed by atoms with Crippen molar-refractivity contribution in [2.24, 2.45) is 0 Å². The van der Waals surface area contributed by atoms with Crippen molar-refractivity contribution in [2.75, 3.05) is 13.6 Å². The minimum absolute atomic E-state index is 0.328. The number of nitrogens with zero attached hydrogens (tertiary/aromatic N) is 3. The summed E-state index contributed by atoms with van der Waals surface area (Å²) >= 11 is 0. The van der Waals surface area contributed by atoms with Crippen LogP contribution in [0.4, 0.5) is 0 Å². The Hall–Kier alpha value is -2.63. The number of carbonyl (C=O) groups is 2. The molecule has 6 nitrogen and oxygen atoms in total. The van der Waals surface area contributed by atoms with Crippen molar-refractivity contribution in [3.05, 3.63) is 46.8 Å². The molecular formula is C17H19N3O3. The van der Waals surface area contributed by atoms with Gasteiger partial charge in [0, 0.05) is 18.3 Å². The van der Waals surface area contributed by atoms with Crippen LogP contribution < -0.4 is 0 Å². The summed E-state index contributed by atoms with van der Waals surface area (Å²) < 4.78 is 1.82. The number of hydrogen-bond acceptors (Lipinski definition) is 3. The van der Waals surface area contributed by atoms with Gasteiger partial charge in [-0.2, -0.15) is 5.10 Å². The van der Waals surface area contributed by atoms with E-state index in [1.165, 1.54) is 11.9 Å². The second-order valence-corrected chi connectivity index (χ2v) is 5.93. The zero-order valence-electron chi connectivity index (χ0n) is 13.2. The first-order chi connectivity index (χ1) is 11.0. The summed E-state index contributed by atoms with van der Waals surface area (Å²) in [6, 6.07) is 7.99. The summed E-state index contributed by atoms with van der Waals surface area (Å²) in [5.41, 5.74) is 4.47. The fraction of sp³-hybridized carbons (Fsp3) is 0.353. The van der Waals surface area contributed by atoms with Crippen LogP contribution in [0, 0.1) is 6.92 Å². The number of aryl methyl sites for hydroxylation is 1. The van der Waals surface area contributed by atoms with Gasteiger partial charge in [-0.15, -0.1) is 0 Å². The topological polar surface area (TPSA) is 75.4 Å². The Bertz CT molecular complexity index is 762. The van der Waals surface area contributed by atoms with Gasteiger partial charge in [-0.1, -0.05) is 17.7 Å². The number of aromatic nitrogens is 2. The van der Waals surface area contributed by atoms with Gasteiger partial charge in [-0.05, 0) is 38.3 Å². The first-order valence-electron chi connectivity index (χ1n) is 7.62. The van der Waals surface area contributed by atoms with Gasteiger partial charge in [0.2, 0.25) is 0 Å². The Morgan fingerprint density at radius 2 is 1.96 bits per heavy atom. The van der Waals surface area contributed by atoms with Crippen molar-refractivity contribution < 1.29 is 14.7 Å². The maximum absolute atomic E-state index is 12.5. The zero-order valence-corrected chi connectivity index (χ0v) is 13.2. The van der Waals surface area contributed by atoms with Gasteiger partial charge in [0.15, 0.2) is 5.69 Å². The molecule has 0 aliphatic heterocycles. The van der Waals surface area contributed by atoms with E-state index < -0.39 is 5.97 Å². The number of amides is 1. The van der Waals surface area contributed by atoms with Gasteiger partial charge < -0.3 is 10.0 Å². The predicted octanol–water partition coefficient (Wildman–Crippen LogP) is 1.83. The van der Waals surface area contributed by atoms with Crippen LogP contribution >= 0.6 is 0 Å². The Labute approximate surface area is 134 Å². The molecule has 2 aromatic rings. The largest absolute Gasteiger partial charge is 0.480 e. The summed E-state index contributed by atoms with van der Waals surface area (Å²) in [5, 5.41) is 13.4. The number of rotatable bonds is 4. The number of carbonyl (C=O) groups excluding carboxylic acids is 1. The van der Waals surface area contributed by atoms with E-state index in [2.05, 4.69) is 5.10 Å². The van der Waals surface area contributed by atoms with Crippen LogP contribution in [0.15, 0.2) is 24.3 Å². The second kappa shape index (κ2) is 5.87. The minimum atomic E-state index is -1.03. The van der Waals surface area contributed by atoms with Crippen molar-refractivity contribution >= 4 is 11.9 Å². The van der Waals surface area contributed by atoms with Gasteiger partial charge in [-0.3, -0.25) is 9.59 Å². The lowest BCUT2D eigenvalue weighted by Crippen LogP contribution is -2.32. The summed E-state index contributed by atoms with van der Waals surface area (Å²) in [4.78, 5) is 24.5. The number of fused-ring (bicyclic) bond motifs is 1. The Balaban J connectivity index is 2.00. The van der Waals surface area contributed by atoms with Gasteiger partial charge in [0.05, 0.1) is 5.69 Å². The molecule has 0 saturated heterocycles. The van der Waals surface area contributed by atoms with E-state index in [9.17, 15) is 9.59 Å². The lowest BCUT2D eigenvalue weighted by Gasteiger charge is -2.13. The fourth-order valence-corrected chi connectivity index (χ4v) is 2.96. The molecule has 1 aliphatic carbocycles. The smallest absolute Gasteiger partial charge is 0.323 e. The van der Waals surface area contributed by atoms with Crippen molar-refractivity contribution in [2.45, 2.75) is 26.2 Å². The molecule has 0 spiro atoms. The van der Waals surface area contributed by atoms with Gasteiger partial charge in [0.1, 0.15) is 6.54 Å². The third-order valence-corrected chi connectivity index (χ3v) is 4.13. The van der Waals surface area contributed by atoms with Crippen LogP contribution in [-0.4, -0.2) is 45.3 Å². The maximum atomic E-state index is 12.5. The average molecular weight is 313 g/mol. The van der Waals surface area contributed by atoms with Crippen LogP contribution in [0.25, 0.3) is 5.69 Å². The van der Waals surface area contributed by atoms with Gasteiger partial charge in [0.25, 0.3) is 5.91 Å². The Morgan fingerprint density at radius 3 is 2.61 bits per heavy atom. The quantitative estimate of drug-likeness (QED) is 0.934. The zero-order chi connectivity index (χ0) is 16.6. The highest BCUT2D eigenvalue weighted by molar-refractivity contribution is 5.95. The lowest BCUT2D eigenvalue weighted by molar-refractivity contribution is -0.137. The number of aliphatic carboxylic acids is 1. The van der Waals surface area contributed by atoms with Crippen LogP contribution in [-0.2, 0) is 17.6 Å². The Kier molecular flexibility index (Phi) is 3.90. The van der Waals surface area contributed by atoms with E-state index in [0.29, 0.717) is 5.69 Å². The minimum Gasteiger partial charge on any atom is -0.480 e. The van der Waals surface area contributed by atoms with Crippen molar-refractivity contribution in [1.29, 1.82) is 0 Å². The summed E-state index contributed by atoms with van der Waals surface area (Å²) in [5.74, 6) is -1.37. The summed E-state index contributed by atoms with van der Waals surface area (Å²) in [6.45, 7) is 1.69. The third-order valence-electron chi connectivity index (χ3n) is 4.13. The molecule has 0 radical (unpaired) electrons. The number of carboxylic acids is 1. The molecule has 1 N–H and O–H groups in total. The first-order valence-corrected chi connectivity index (χ1v) is 7.62. The molecule has 0 saturated carbocycles. The van der Waals surface area contributed by atoms with Crippen LogP contribution in [0.2, 0.25) is 0 Å². The van der Waals surface area contributed by atoms with E-state index in [1.54, 1.807) is 0 Å². The standard InChI is InChI=1S/C17H19N3O3/c1-11-6-8-12(9-7-11)20-14-5-3-4-13(14)16(18-20)17(23)19(2)10-15(21)22/h6-9H,3-5,10H2,1-2H3,(H,21,22). The van der Waals surface area contributed by atoms with E-state index >= 15 is 0 Å². The molecule has 1 aromatic carbocycles. The number of carboxylic acid groups (broad SMARTS) is 1. The molecule has 1 aliphatic rings. The first kappa shape index (κ1) is 15.3. The number of hydrogen-bond donors (Lipinski definition) is 1. The van der Waals surface area contributed by atoms with E-state index in [-0.39, 0.29) is 12.5 Å². The highest BCUT2D eigenvalue weighted by atomic mass is 16.4. The highest BCUT2D eigenvalue weighted by Gasteiger charge is 2.28.